The minimum atomic E-state index is -0.324. The molecular formula is C43H45O6S12. The molecule has 0 unspecified atom stereocenters. The smallest absolute Gasteiger partial charge is 0.340 e. The predicted octanol–water partition coefficient (Wildman–Crippen LogP) is 15.7. The van der Waals surface area contributed by atoms with Gasteiger partial charge in [0.15, 0.2) is 0 Å². The Morgan fingerprint density at radius 3 is 0.541 bits per heavy atom. The highest BCUT2D eigenvalue weighted by Crippen LogP contribution is 2.74. The molecule has 0 saturated heterocycles. The van der Waals surface area contributed by atoms with Gasteiger partial charge in [-0.15, -0.1) is 141 Å². The van der Waals surface area contributed by atoms with Gasteiger partial charge in [-0.2, -0.15) is 0 Å². The zero-order valence-electron chi connectivity index (χ0n) is 36.3. The highest BCUT2D eigenvalue weighted by Gasteiger charge is 2.54. The molecule has 3 aromatic rings. The Bertz CT molecular complexity index is 2130. The lowest BCUT2D eigenvalue weighted by Gasteiger charge is -2.31. The van der Waals surface area contributed by atoms with E-state index in [1.807, 2.05) is 70.6 Å². The van der Waals surface area contributed by atoms with Crippen molar-refractivity contribution in [1.82, 2.24) is 0 Å². The quantitative estimate of drug-likeness (QED) is 0.133. The van der Waals surface area contributed by atoms with Gasteiger partial charge in [0.25, 0.3) is 0 Å². The van der Waals surface area contributed by atoms with Gasteiger partial charge < -0.3 is 14.2 Å². The van der Waals surface area contributed by atoms with Gasteiger partial charge in [-0.25, -0.2) is 14.4 Å². The number of benzene rings is 3. The second kappa shape index (κ2) is 15.4. The van der Waals surface area contributed by atoms with E-state index in [0.29, 0.717) is 16.7 Å². The zero-order chi connectivity index (χ0) is 44.3. The molecule has 0 aliphatic carbocycles. The molecule has 61 heavy (non-hydrogen) atoms. The number of methoxy groups -OCH3 is 3. The van der Waals surface area contributed by atoms with Crippen LogP contribution in [-0.2, 0) is 14.2 Å². The van der Waals surface area contributed by atoms with Gasteiger partial charge in [0.1, 0.15) is 0 Å². The van der Waals surface area contributed by atoms with Crippen LogP contribution in [0.2, 0.25) is 0 Å². The largest absolute Gasteiger partial charge is 0.465 e. The first-order valence-electron chi connectivity index (χ1n) is 19.3. The standard InChI is InChI=1S/C43H45O6S12/c1-38(2)50-23-17(24-30(57-39(3,4)51-24)20(29(23)56-38)35(44)47-13)16(18-25-31(58-40(5,6)52-25)21(36(45)48-14)32-26(18)53-41(7,8)59-32)19-27-33(60-42(9,10)54-27)22(37(46)49-15)34-28(19)55-43(11,12)61-34/h1-15H3. The Kier molecular flexibility index (Phi) is 11.7. The summed E-state index contributed by atoms with van der Waals surface area (Å²) in [5.41, 5.74) is 5.28. The van der Waals surface area contributed by atoms with Crippen LogP contribution in [0.4, 0.5) is 0 Å². The normalized spacial score (nSPS) is 22.0. The average Bonchev–Trinajstić information content (AvgIpc) is 3.95. The highest BCUT2D eigenvalue weighted by atomic mass is 32.2. The Morgan fingerprint density at radius 1 is 0.279 bits per heavy atom. The molecule has 0 saturated carbocycles. The van der Waals surface area contributed by atoms with Crippen LogP contribution in [0.5, 0.6) is 0 Å². The first-order valence-corrected chi connectivity index (χ1v) is 29.1. The molecule has 0 aromatic heterocycles. The molecule has 3 aromatic carbocycles. The third-order valence-electron chi connectivity index (χ3n) is 10.1. The van der Waals surface area contributed by atoms with E-state index < -0.39 is 0 Å². The number of rotatable bonds is 6. The third kappa shape index (κ3) is 7.77. The van der Waals surface area contributed by atoms with Gasteiger partial charge in [0.05, 0.1) is 68.4 Å². The Morgan fingerprint density at radius 2 is 0.410 bits per heavy atom. The number of hydrogen-bond donors (Lipinski definition) is 0. The average molecular weight is 1040 g/mol. The zero-order valence-corrected chi connectivity index (χ0v) is 46.1. The molecule has 0 spiro atoms. The van der Waals surface area contributed by atoms with Crippen LogP contribution in [0.15, 0.2) is 58.7 Å². The molecular weight excluding hydrogens is 997 g/mol. The molecule has 18 heteroatoms. The summed E-state index contributed by atoms with van der Waals surface area (Å²) in [7, 11) is 4.44. The predicted molar refractivity (Wildman–Crippen MR) is 269 cm³/mol. The van der Waals surface area contributed by atoms with Crippen LogP contribution in [0.3, 0.4) is 0 Å². The number of hydrogen-bond acceptors (Lipinski definition) is 18. The molecule has 0 N–H and O–H groups in total. The molecule has 0 fully saturated rings. The van der Waals surface area contributed by atoms with Crippen LogP contribution >= 0.6 is 141 Å². The maximum absolute atomic E-state index is 14.1. The summed E-state index contributed by atoms with van der Waals surface area (Å²) in [5, 5.41) is 0. The molecule has 1 radical (unpaired) electrons. The van der Waals surface area contributed by atoms with E-state index in [-0.39, 0.29) is 42.4 Å². The summed E-state index contributed by atoms with van der Waals surface area (Å²) in [6.07, 6.45) is 0. The second-order valence-electron chi connectivity index (χ2n) is 17.7. The Hall–Kier alpha value is 0.270. The highest BCUT2D eigenvalue weighted by molar-refractivity contribution is 8.23. The van der Waals surface area contributed by atoms with Crippen molar-refractivity contribution in [3.05, 3.63) is 39.3 Å². The topological polar surface area (TPSA) is 78.9 Å². The number of carbonyl (C=O) groups is 3. The van der Waals surface area contributed by atoms with Crippen LogP contribution in [-0.4, -0.2) is 63.7 Å². The van der Waals surface area contributed by atoms with E-state index in [1.54, 1.807) is 70.6 Å². The summed E-state index contributed by atoms with van der Waals surface area (Å²) in [6.45, 7) is 26.8. The SMILES string of the molecule is COC(=O)c1c2c(c([C](c3c4c(c(C(=O)OC)c5c3SC(C)(C)S5)SC(C)(C)S4)c3c4c(c(C(=O)OC)c5c3SC(C)(C)S5)SC(C)(C)S4)c3c1SC(C)(C)S3)SC(C)(C)S2. The third-order valence-corrected chi connectivity index (χ3v) is 27.1. The van der Waals surface area contributed by atoms with E-state index in [2.05, 4.69) is 83.1 Å². The van der Waals surface area contributed by atoms with Gasteiger partial charge >= 0.3 is 17.9 Å². The van der Waals surface area contributed by atoms with Crippen LogP contribution in [0.1, 0.15) is 131 Å². The lowest BCUT2D eigenvalue weighted by Crippen LogP contribution is -2.18. The molecule has 6 heterocycles. The molecule has 325 valence electrons. The van der Waals surface area contributed by atoms with Crippen molar-refractivity contribution in [2.45, 2.75) is 166 Å². The van der Waals surface area contributed by atoms with Crippen molar-refractivity contribution in [2.75, 3.05) is 21.3 Å². The number of thioether (sulfide) groups is 12. The van der Waals surface area contributed by atoms with E-state index in [9.17, 15) is 14.4 Å². The number of ether oxygens (including phenoxy) is 3. The van der Waals surface area contributed by atoms with Crippen molar-refractivity contribution >= 4 is 159 Å². The number of esters is 3. The second-order valence-corrected chi connectivity index (χ2v) is 38.8. The molecule has 6 nitrogen and oxygen atoms in total. The van der Waals surface area contributed by atoms with E-state index >= 15 is 0 Å². The van der Waals surface area contributed by atoms with Crippen molar-refractivity contribution in [1.29, 1.82) is 0 Å². The number of carbonyl (C=O) groups excluding carboxylic acids is 3. The van der Waals surface area contributed by atoms with Crippen molar-refractivity contribution in [2.24, 2.45) is 0 Å². The Labute approximate surface area is 410 Å². The molecule has 9 rings (SSSR count). The lowest BCUT2D eigenvalue weighted by atomic mass is 9.83. The molecule has 6 aliphatic rings. The fourth-order valence-corrected chi connectivity index (χ4v) is 25.8. The van der Waals surface area contributed by atoms with Crippen molar-refractivity contribution in [3.8, 4) is 0 Å². The first kappa shape index (κ1) is 46.4. The van der Waals surface area contributed by atoms with Gasteiger partial charge in [0.2, 0.25) is 0 Å². The fraction of sp³-hybridized carbons (Fsp3) is 0.488. The molecule has 0 amide bonds. The van der Waals surface area contributed by atoms with E-state index in [4.69, 9.17) is 14.2 Å². The summed E-state index contributed by atoms with van der Waals surface area (Å²) in [6, 6.07) is 0. The fourth-order valence-electron chi connectivity index (χ4n) is 8.14. The minimum Gasteiger partial charge on any atom is -0.465 e. The maximum atomic E-state index is 14.1. The summed E-state index contributed by atoms with van der Waals surface area (Å²) in [4.78, 5) is 54.6. The number of fused-ring (bicyclic) bond motifs is 6. The van der Waals surface area contributed by atoms with E-state index in [1.165, 1.54) is 21.3 Å². The maximum Gasteiger partial charge on any atom is 0.340 e. The van der Waals surface area contributed by atoms with Gasteiger partial charge in [-0.3, -0.25) is 0 Å². The minimum absolute atomic E-state index is 0.291. The van der Waals surface area contributed by atoms with Gasteiger partial charge in [-0.1, -0.05) is 0 Å². The van der Waals surface area contributed by atoms with Crippen LogP contribution in [0, 0.1) is 5.92 Å². The van der Waals surface area contributed by atoms with E-state index in [0.717, 1.165) is 81.4 Å². The van der Waals surface area contributed by atoms with Crippen LogP contribution in [0.25, 0.3) is 0 Å². The van der Waals surface area contributed by atoms with Crippen molar-refractivity contribution < 1.29 is 28.6 Å². The molecule has 6 aliphatic heterocycles. The summed E-state index contributed by atoms with van der Waals surface area (Å²) in [5.74, 6) is 0.128. The summed E-state index contributed by atoms with van der Waals surface area (Å²) < 4.78 is 15.1. The molecule has 0 bridgehead atoms. The monoisotopic (exact) mass is 1040 g/mol. The Balaban J connectivity index is 1.53. The van der Waals surface area contributed by atoms with Crippen LogP contribution < -0.4 is 0 Å². The first-order chi connectivity index (χ1) is 28.2. The van der Waals surface area contributed by atoms with Crippen molar-refractivity contribution in [3.63, 3.8) is 0 Å². The lowest BCUT2D eigenvalue weighted by molar-refractivity contribution is 0.0582. The van der Waals surface area contributed by atoms with Gasteiger partial charge in [0, 0.05) is 58.7 Å². The molecule has 0 atom stereocenters. The van der Waals surface area contributed by atoms with Gasteiger partial charge in [-0.05, 0) is 99.8 Å². The summed E-state index contributed by atoms with van der Waals surface area (Å²) >= 11 is 21.3.